The smallest absolute Gasteiger partial charge is 0.183 e. The van der Waals surface area contributed by atoms with Crippen molar-refractivity contribution in [1.82, 2.24) is 34.8 Å². The fourth-order valence-electron chi connectivity index (χ4n) is 3.96. The average molecular weight is 511 g/mol. The fourth-order valence-corrected chi connectivity index (χ4v) is 4.62. The third kappa shape index (κ3) is 4.82. The second-order valence-corrected chi connectivity index (χ2v) is 8.69. The first kappa shape index (κ1) is 23.2. The maximum Gasteiger partial charge on any atom is 0.183 e. The zero-order valence-corrected chi connectivity index (χ0v) is 19.9. The number of H-pyrrole nitrogens is 1. The van der Waals surface area contributed by atoms with E-state index < -0.39 is 0 Å². The Morgan fingerprint density at radius 1 is 1.03 bits per heavy atom. The number of hydrogen-bond donors (Lipinski definition) is 3. The Morgan fingerprint density at radius 3 is 2.49 bits per heavy atom. The van der Waals surface area contributed by atoms with E-state index in [9.17, 15) is 0 Å². The molecule has 0 amide bonds. The van der Waals surface area contributed by atoms with E-state index in [2.05, 4.69) is 45.0 Å². The van der Waals surface area contributed by atoms with Crippen molar-refractivity contribution >= 4 is 51.8 Å². The molecule has 11 nitrogen and oxygen atoms in total. The number of nitrogens with zero attached hydrogens (tertiary/aromatic N) is 8. The minimum Gasteiger partial charge on any atom is -0.395 e. The lowest BCUT2D eigenvalue weighted by atomic mass is 10.1. The average Bonchev–Trinajstić information content (AvgIpc) is 3.29. The van der Waals surface area contributed by atoms with Gasteiger partial charge in [-0.15, -0.1) is 0 Å². The number of halogens is 2. The number of β-amino-alcohol motifs (C(OH)–C–C–N with tert-alkyl or cyclic N) is 1. The van der Waals surface area contributed by atoms with Crippen molar-refractivity contribution in [2.45, 2.75) is 0 Å². The molecule has 4 heterocycles. The van der Waals surface area contributed by atoms with Crippen molar-refractivity contribution in [3.05, 3.63) is 46.5 Å². The topological polar surface area (TPSA) is 143 Å². The van der Waals surface area contributed by atoms with E-state index in [1.165, 1.54) is 24.8 Å². The molecule has 3 aromatic heterocycles. The molecule has 0 atom stereocenters. The molecule has 0 bridgehead atoms. The maximum absolute atomic E-state index is 9.14. The number of aromatic amines is 1. The summed E-state index contributed by atoms with van der Waals surface area (Å²) in [5.41, 5.74) is 1.80. The highest BCUT2D eigenvalue weighted by molar-refractivity contribution is 6.39. The summed E-state index contributed by atoms with van der Waals surface area (Å²) in [6, 6.07) is 6.96. The van der Waals surface area contributed by atoms with Crippen molar-refractivity contribution in [3.63, 3.8) is 0 Å². The van der Waals surface area contributed by atoms with Gasteiger partial charge in [-0.3, -0.25) is 4.90 Å². The molecule has 1 aliphatic heterocycles. The molecule has 0 unspecified atom stereocenters. The Bertz CT molecular complexity index is 1390. The molecule has 1 aliphatic rings. The molecular formula is C22H20Cl2N10O. The molecule has 13 heteroatoms. The Morgan fingerprint density at radius 2 is 1.77 bits per heavy atom. The fraction of sp³-hybridized carbons (Fsp3) is 0.273. The number of hydrogen-bond acceptors (Lipinski definition) is 10. The number of imidazole rings is 1. The SMILES string of the molecule is N#Cc1cc(Cl)c(-c2nc3ncnc(Nc4cc(N5CCN(CCO)CC5)ncn4)c3[nH]2)c(Cl)c1. The van der Waals surface area contributed by atoms with Gasteiger partial charge in [0.25, 0.3) is 0 Å². The summed E-state index contributed by atoms with van der Waals surface area (Å²) in [7, 11) is 0. The van der Waals surface area contributed by atoms with E-state index in [0.717, 1.165) is 32.0 Å². The Labute approximate surface area is 210 Å². The van der Waals surface area contributed by atoms with Gasteiger partial charge in [0.1, 0.15) is 35.6 Å². The summed E-state index contributed by atoms with van der Waals surface area (Å²) in [4.78, 5) is 29.4. The lowest BCUT2D eigenvalue weighted by Crippen LogP contribution is -2.47. The zero-order valence-electron chi connectivity index (χ0n) is 18.4. The number of nitriles is 1. The van der Waals surface area contributed by atoms with Crippen LogP contribution in [0.4, 0.5) is 17.5 Å². The van der Waals surface area contributed by atoms with Gasteiger partial charge in [-0.2, -0.15) is 5.26 Å². The Hall–Kier alpha value is -3.56. The van der Waals surface area contributed by atoms with Crippen LogP contribution in [0.2, 0.25) is 10.0 Å². The van der Waals surface area contributed by atoms with Gasteiger partial charge in [0.2, 0.25) is 0 Å². The minimum atomic E-state index is 0.161. The monoisotopic (exact) mass is 510 g/mol. The number of aliphatic hydroxyl groups is 1. The first-order valence-corrected chi connectivity index (χ1v) is 11.6. The molecule has 1 saturated heterocycles. The molecular weight excluding hydrogens is 491 g/mol. The van der Waals surface area contributed by atoms with Crippen molar-refractivity contribution in [2.24, 2.45) is 0 Å². The van der Waals surface area contributed by atoms with Crippen LogP contribution in [0, 0.1) is 11.3 Å². The normalized spacial score (nSPS) is 14.3. The highest BCUT2D eigenvalue weighted by atomic mass is 35.5. The molecule has 0 aliphatic carbocycles. The van der Waals surface area contributed by atoms with E-state index in [-0.39, 0.29) is 6.61 Å². The summed E-state index contributed by atoms with van der Waals surface area (Å²) >= 11 is 12.8. The van der Waals surface area contributed by atoms with Gasteiger partial charge in [-0.25, -0.2) is 24.9 Å². The van der Waals surface area contributed by atoms with Gasteiger partial charge >= 0.3 is 0 Å². The molecule has 0 spiro atoms. The lowest BCUT2D eigenvalue weighted by molar-refractivity contribution is 0.188. The molecule has 1 fully saturated rings. The Balaban J connectivity index is 1.41. The number of nitrogens with one attached hydrogen (secondary N) is 2. The number of fused-ring (bicyclic) bond motifs is 1. The van der Waals surface area contributed by atoms with Crippen LogP contribution >= 0.6 is 23.2 Å². The van der Waals surface area contributed by atoms with E-state index in [0.29, 0.717) is 56.3 Å². The molecule has 1 aromatic carbocycles. The second kappa shape index (κ2) is 9.97. The standard InChI is InChI=1S/C22H20Cl2N10O/c23-14-7-13(10-25)8-15(24)18(14)20-31-19-21(28-12-29-22(19)32-20)30-16-9-17(27-11-26-16)34-3-1-33(2-4-34)5-6-35/h7-9,11-12,35H,1-6H2,(H2,26,27,28,29,30,31,32). The van der Waals surface area contributed by atoms with E-state index in [1.807, 2.05) is 12.1 Å². The van der Waals surface area contributed by atoms with Crippen LogP contribution in [0.3, 0.4) is 0 Å². The van der Waals surface area contributed by atoms with Gasteiger partial charge in [-0.05, 0) is 12.1 Å². The summed E-state index contributed by atoms with van der Waals surface area (Å²) in [5, 5.41) is 22.1. The first-order valence-electron chi connectivity index (χ1n) is 10.8. The van der Waals surface area contributed by atoms with Gasteiger partial charge in [0, 0.05) is 38.8 Å². The van der Waals surface area contributed by atoms with Crippen molar-refractivity contribution in [1.29, 1.82) is 5.26 Å². The van der Waals surface area contributed by atoms with Crippen molar-refractivity contribution in [3.8, 4) is 17.5 Å². The van der Waals surface area contributed by atoms with Gasteiger partial charge in [0.05, 0.1) is 33.8 Å². The highest BCUT2D eigenvalue weighted by Crippen LogP contribution is 2.35. The van der Waals surface area contributed by atoms with E-state index >= 15 is 0 Å². The number of aliphatic hydroxyl groups excluding tert-OH is 1. The maximum atomic E-state index is 9.14. The Kier molecular flexibility index (Phi) is 6.61. The van der Waals surface area contributed by atoms with Crippen LogP contribution in [0.15, 0.2) is 30.9 Å². The van der Waals surface area contributed by atoms with Gasteiger partial charge in [-0.1, -0.05) is 23.2 Å². The van der Waals surface area contributed by atoms with Gasteiger partial charge < -0.3 is 20.3 Å². The third-order valence-electron chi connectivity index (χ3n) is 5.71. The summed E-state index contributed by atoms with van der Waals surface area (Å²) < 4.78 is 0. The molecule has 4 aromatic rings. The summed E-state index contributed by atoms with van der Waals surface area (Å²) in [6.45, 7) is 4.18. The van der Waals surface area contributed by atoms with Crippen LogP contribution in [-0.2, 0) is 0 Å². The van der Waals surface area contributed by atoms with Crippen LogP contribution < -0.4 is 10.2 Å². The quantitative estimate of drug-likeness (QED) is 0.354. The lowest BCUT2D eigenvalue weighted by Gasteiger charge is -2.35. The first-order chi connectivity index (χ1) is 17.1. The summed E-state index contributed by atoms with van der Waals surface area (Å²) in [5.74, 6) is 2.26. The van der Waals surface area contributed by atoms with Crippen LogP contribution in [-0.4, -0.2) is 79.2 Å². The van der Waals surface area contributed by atoms with E-state index in [4.69, 9.17) is 33.6 Å². The molecule has 35 heavy (non-hydrogen) atoms. The van der Waals surface area contributed by atoms with Crippen LogP contribution in [0.25, 0.3) is 22.6 Å². The number of benzene rings is 1. The largest absolute Gasteiger partial charge is 0.395 e. The number of anilines is 3. The number of piperazine rings is 1. The summed E-state index contributed by atoms with van der Waals surface area (Å²) in [6.07, 6.45) is 2.91. The molecule has 0 radical (unpaired) electrons. The van der Waals surface area contributed by atoms with Crippen molar-refractivity contribution in [2.75, 3.05) is 49.5 Å². The zero-order chi connectivity index (χ0) is 24.4. The third-order valence-corrected chi connectivity index (χ3v) is 6.30. The second-order valence-electron chi connectivity index (χ2n) is 7.87. The molecule has 5 rings (SSSR count). The molecule has 0 saturated carbocycles. The minimum absolute atomic E-state index is 0.161. The molecule has 178 valence electrons. The van der Waals surface area contributed by atoms with Crippen molar-refractivity contribution < 1.29 is 5.11 Å². The predicted octanol–water partition coefficient (Wildman–Crippen LogP) is 2.85. The van der Waals surface area contributed by atoms with E-state index in [1.54, 1.807) is 0 Å². The highest BCUT2D eigenvalue weighted by Gasteiger charge is 2.20. The predicted molar refractivity (Wildman–Crippen MR) is 133 cm³/mol. The molecule has 3 N–H and O–H groups in total. The number of rotatable bonds is 6. The number of aromatic nitrogens is 6. The van der Waals surface area contributed by atoms with Gasteiger partial charge in [0.15, 0.2) is 11.5 Å². The van der Waals surface area contributed by atoms with Crippen LogP contribution in [0.1, 0.15) is 5.56 Å². The van der Waals surface area contributed by atoms with Crippen LogP contribution in [0.5, 0.6) is 0 Å².